The lowest BCUT2D eigenvalue weighted by Gasteiger charge is -2.07. The zero-order valence-corrected chi connectivity index (χ0v) is 12.2. The van der Waals surface area contributed by atoms with E-state index < -0.39 is 5.91 Å². The van der Waals surface area contributed by atoms with Gasteiger partial charge in [-0.1, -0.05) is 42.0 Å². The van der Waals surface area contributed by atoms with Gasteiger partial charge >= 0.3 is 0 Å². The van der Waals surface area contributed by atoms with Crippen LogP contribution < -0.4 is 10.5 Å². The minimum absolute atomic E-state index is 0.0756. The van der Waals surface area contributed by atoms with E-state index in [2.05, 4.69) is 0 Å². The molecule has 0 aromatic heterocycles. The molecule has 0 saturated carbocycles. The highest BCUT2D eigenvalue weighted by Crippen LogP contribution is 2.16. The minimum atomic E-state index is -0.734. The summed E-state index contributed by atoms with van der Waals surface area (Å²) < 4.78 is 5.69. The Morgan fingerprint density at radius 2 is 1.82 bits per heavy atom. The van der Waals surface area contributed by atoms with Gasteiger partial charge in [-0.15, -0.1) is 0 Å². The first-order valence-corrected chi connectivity index (χ1v) is 6.78. The Labute approximate surface area is 129 Å². The number of carbonyl (C=O) groups is 1. The molecule has 22 heavy (non-hydrogen) atoms. The van der Waals surface area contributed by atoms with Crippen LogP contribution in [-0.2, 0) is 11.4 Å². The third-order valence-electron chi connectivity index (χ3n) is 3.10. The van der Waals surface area contributed by atoms with Gasteiger partial charge in [0.1, 0.15) is 24.0 Å². The zero-order chi connectivity index (χ0) is 15.9. The lowest BCUT2D eigenvalue weighted by atomic mass is 10.1. The molecule has 0 heterocycles. The van der Waals surface area contributed by atoms with Crippen LogP contribution in [-0.4, -0.2) is 5.91 Å². The summed E-state index contributed by atoms with van der Waals surface area (Å²) in [4.78, 5) is 11.0. The monoisotopic (exact) mass is 292 g/mol. The van der Waals surface area contributed by atoms with Crippen LogP contribution in [0.3, 0.4) is 0 Å². The second-order valence-corrected chi connectivity index (χ2v) is 4.88. The minimum Gasteiger partial charge on any atom is -0.489 e. The molecule has 0 atom stereocenters. The number of benzene rings is 2. The lowest BCUT2D eigenvalue weighted by Crippen LogP contribution is -2.12. The molecule has 2 aromatic rings. The van der Waals surface area contributed by atoms with Crippen LogP contribution in [0.4, 0.5) is 0 Å². The zero-order valence-electron chi connectivity index (χ0n) is 12.2. The van der Waals surface area contributed by atoms with Crippen LogP contribution in [0.25, 0.3) is 6.08 Å². The van der Waals surface area contributed by atoms with Crippen molar-refractivity contribution in [3.05, 3.63) is 70.8 Å². The van der Waals surface area contributed by atoms with Crippen molar-refractivity contribution in [2.24, 2.45) is 5.73 Å². The Morgan fingerprint density at radius 1 is 1.18 bits per heavy atom. The summed E-state index contributed by atoms with van der Waals surface area (Å²) in [6, 6.07) is 17.0. The van der Waals surface area contributed by atoms with Crippen LogP contribution in [0.1, 0.15) is 16.7 Å². The van der Waals surface area contributed by atoms with Crippen molar-refractivity contribution in [1.82, 2.24) is 0 Å². The average Bonchev–Trinajstić information content (AvgIpc) is 2.53. The van der Waals surface area contributed by atoms with E-state index in [1.54, 1.807) is 30.3 Å². The number of hydrogen-bond acceptors (Lipinski definition) is 3. The van der Waals surface area contributed by atoms with Gasteiger partial charge in [-0.25, -0.2) is 0 Å². The number of aryl methyl sites for hydroxylation is 1. The van der Waals surface area contributed by atoms with Gasteiger partial charge in [-0.3, -0.25) is 4.79 Å². The second kappa shape index (κ2) is 7.09. The highest BCUT2D eigenvalue weighted by molar-refractivity contribution is 6.00. The fourth-order valence-electron chi connectivity index (χ4n) is 1.84. The van der Waals surface area contributed by atoms with Gasteiger partial charge in [-0.2, -0.15) is 5.26 Å². The van der Waals surface area contributed by atoms with Crippen molar-refractivity contribution in [3.8, 4) is 11.8 Å². The van der Waals surface area contributed by atoms with Gasteiger partial charge in [0.15, 0.2) is 0 Å². The highest BCUT2D eigenvalue weighted by atomic mass is 16.5. The number of nitrogens with zero attached hydrogens (tertiary/aromatic N) is 1. The Bertz CT molecular complexity index is 723. The Morgan fingerprint density at radius 3 is 2.36 bits per heavy atom. The van der Waals surface area contributed by atoms with Crippen LogP contribution in [0, 0.1) is 18.3 Å². The van der Waals surface area contributed by atoms with Gasteiger partial charge < -0.3 is 10.5 Å². The summed E-state index contributed by atoms with van der Waals surface area (Å²) in [6.07, 6.45) is 1.45. The van der Waals surface area contributed by atoms with Gasteiger partial charge in [0.05, 0.1) is 0 Å². The maximum atomic E-state index is 11.0. The summed E-state index contributed by atoms with van der Waals surface area (Å²) in [7, 11) is 0. The standard InChI is InChI=1S/C18H16N2O2/c1-13-2-4-15(5-3-13)12-22-17-8-6-14(7-9-17)10-16(11-19)18(20)21/h2-10H,12H2,1H3,(H2,20,21)/b16-10+. The van der Waals surface area contributed by atoms with E-state index in [1.807, 2.05) is 31.2 Å². The first-order valence-electron chi connectivity index (χ1n) is 6.78. The molecular formula is C18H16N2O2. The van der Waals surface area contributed by atoms with E-state index >= 15 is 0 Å². The molecule has 0 aliphatic heterocycles. The maximum absolute atomic E-state index is 11.0. The normalized spacial score (nSPS) is 10.8. The summed E-state index contributed by atoms with van der Waals surface area (Å²) in [5, 5.41) is 8.80. The van der Waals surface area contributed by atoms with Crippen molar-refractivity contribution in [2.75, 3.05) is 0 Å². The number of amides is 1. The molecule has 0 bridgehead atoms. The predicted molar refractivity (Wildman–Crippen MR) is 84.7 cm³/mol. The van der Waals surface area contributed by atoms with Crippen LogP contribution in [0.15, 0.2) is 54.1 Å². The Balaban J connectivity index is 2.02. The van der Waals surface area contributed by atoms with Crippen LogP contribution in [0.5, 0.6) is 5.75 Å². The molecule has 0 aliphatic carbocycles. The molecule has 2 rings (SSSR count). The molecular weight excluding hydrogens is 276 g/mol. The summed E-state index contributed by atoms with van der Waals surface area (Å²) >= 11 is 0. The smallest absolute Gasteiger partial charge is 0.259 e. The van der Waals surface area contributed by atoms with E-state index in [4.69, 9.17) is 15.7 Å². The maximum Gasteiger partial charge on any atom is 0.259 e. The molecule has 0 fully saturated rings. The highest BCUT2D eigenvalue weighted by Gasteiger charge is 2.03. The van der Waals surface area contributed by atoms with Crippen molar-refractivity contribution in [2.45, 2.75) is 13.5 Å². The van der Waals surface area contributed by atoms with Gasteiger partial charge in [0.25, 0.3) is 5.91 Å². The van der Waals surface area contributed by atoms with Crippen LogP contribution >= 0.6 is 0 Å². The number of hydrogen-bond donors (Lipinski definition) is 1. The van der Waals surface area contributed by atoms with E-state index in [-0.39, 0.29) is 5.57 Å². The summed E-state index contributed by atoms with van der Waals surface area (Å²) in [5.41, 5.74) is 8.04. The number of nitriles is 1. The molecule has 0 saturated heterocycles. The molecule has 1 amide bonds. The van der Waals surface area contributed by atoms with Gasteiger partial charge in [-0.05, 0) is 36.3 Å². The number of carbonyl (C=O) groups excluding carboxylic acids is 1. The summed E-state index contributed by atoms with van der Waals surface area (Å²) in [5.74, 6) is -0.0162. The van der Waals surface area contributed by atoms with Crippen molar-refractivity contribution < 1.29 is 9.53 Å². The Kier molecular flexibility index (Phi) is 4.94. The molecule has 0 unspecified atom stereocenters. The third-order valence-corrected chi connectivity index (χ3v) is 3.10. The Hall–Kier alpha value is -3.06. The molecule has 2 N–H and O–H groups in total. The van der Waals surface area contributed by atoms with Crippen molar-refractivity contribution in [1.29, 1.82) is 5.26 Å². The molecule has 0 aliphatic rings. The number of nitrogens with two attached hydrogens (primary N) is 1. The van der Waals surface area contributed by atoms with Crippen molar-refractivity contribution >= 4 is 12.0 Å². The molecule has 0 radical (unpaired) electrons. The van der Waals surface area contributed by atoms with E-state index in [0.29, 0.717) is 6.61 Å². The van der Waals surface area contributed by atoms with Gasteiger partial charge in [0, 0.05) is 0 Å². The number of ether oxygens (including phenoxy) is 1. The SMILES string of the molecule is Cc1ccc(COc2ccc(/C=C(\C#N)C(N)=O)cc2)cc1. The van der Waals surface area contributed by atoms with Gasteiger partial charge in [0.2, 0.25) is 0 Å². The second-order valence-electron chi connectivity index (χ2n) is 4.88. The molecule has 4 heteroatoms. The molecule has 0 spiro atoms. The number of rotatable bonds is 5. The van der Waals surface area contributed by atoms with E-state index in [1.165, 1.54) is 11.6 Å². The van der Waals surface area contributed by atoms with Crippen LogP contribution in [0.2, 0.25) is 0 Å². The summed E-state index contributed by atoms with van der Waals surface area (Å²) in [6.45, 7) is 2.53. The first-order chi connectivity index (χ1) is 10.6. The topological polar surface area (TPSA) is 76.1 Å². The fourth-order valence-corrected chi connectivity index (χ4v) is 1.84. The quantitative estimate of drug-likeness (QED) is 0.680. The van der Waals surface area contributed by atoms with E-state index in [0.717, 1.165) is 16.9 Å². The molecule has 2 aromatic carbocycles. The average molecular weight is 292 g/mol. The first kappa shape index (κ1) is 15.3. The largest absolute Gasteiger partial charge is 0.489 e. The predicted octanol–water partition coefficient (Wildman–Crippen LogP) is 2.97. The van der Waals surface area contributed by atoms with E-state index in [9.17, 15) is 4.79 Å². The molecule has 4 nitrogen and oxygen atoms in total. The lowest BCUT2D eigenvalue weighted by molar-refractivity contribution is -0.114. The van der Waals surface area contributed by atoms with Crippen molar-refractivity contribution in [3.63, 3.8) is 0 Å². The number of primary amides is 1. The fraction of sp³-hybridized carbons (Fsp3) is 0.111. The molecule has 110 valence electrons. The third kappa shape index (κ3) is 4.22.